The third-order valence-corrected chi connectivity index (χ3v) is 5.87. The van der Waals surface area contributed by atoms with Crippen LogP contribution in [0, 0.1) is 38.0 Å². The number of aromatic nitrogens is 3. The van der Waals surface area contributed by atoms with E-state index in [4.69, 9.17) is 4.74 Å². The number of nitrogens with zero attached hydrogens (tertiary/aromatic N) is 3. The van der Waals surface area contributed by atoms with Gasteiger partial charge in [-0.05, 0) is 57.2 Å². The van der Waals surface area contributed by atoms with Gasteiger partial charge in [0.05, 0.1) is 18.5 Å². The third kappa shape index (κ3) is 4.06. The molecular weight excluding hydrogens is 364 g/mol. The lowest BCUT2D eigenvalue weighted by atomic mass is 9.82. The Bertz CT molecular complexity index is 985. The van der Waals surface area contributed by atoms with Gasteiger partial charge in [0.1, 0.15) is 11.6 Å². The summed E-state index contributed by atoms with van der Waals surface area (Å²) in [7, 11) is 0. The molecule has 0 saturated heterocycles. The quantitative estimate of drug-likeness (QED) is 0.808. The number of pyridine rings is 1. The van der Waals surface area contributed by atoms with Crippen LogP contribution >= 0.6 is 0 Å². The maximum absolute atomic E-state index is 13.0. The Morgan fingerprint density at radius 1 is 1.28 bits per heavy atom. The van der Waals surface area contributed by atoms with E-state index in [1.165, 1.54) is 0 Å². The first kappa shape index (κ1) is 19.3. The van der Waals surface area contributed by atoms with Crippen molar-refractivity contribution in [2.45, 2.75) is 33.6 Å². The van der Waals surface area contributed by atoms with Gasteiger partial charge in [0.2, 0.25) is 5.91 Å². The molecule has 1 amide bonds. The summed E-state index contributed by atoms with van der Waals surface area (Å²) < 4.78 is 6.14. The summed E-state index contributed by atoms with van der Waals surface area (Å²) >= 11 is 0. The highest BCUT2D eigenvalue weighted by Crippen LogP contribution is 2.60. The van der Waals surface area contributed by atoms with Crippen LogP contribution in [0.15, 0.2) is 48.8 Å². The Kier molecular flexibility index (Phi) is 5.18. The fourth-order valence-corrected chi connectivity index (χ4v) is 4.10. The molecule has 6 nitrogen and oxygen atoms in total. The van der Waals surface area contributed by atoms with E-state index in [0.717, 1.165) is 29.9 Å². The average Bonchev–Trinajstić information content (AvgIpc) is 3.44. The Hall–Kier alpha value is -3.02. The van der Waals surface area contributed by atoms with Crippen molar-refractivity contribution in [1.29, 1.82) is 0 Å². The molecule has 3 atom stereocenters. The Morgan fingerprint density at radius 2 is 2.14 bits per heavy atom. The molecule has 0 bridgehead atoms. The molecule has 0 radical (unpaired) electrons. The maximum atomic E-state index is 13.0. The standard InChI is InChI=1S/C23H26N4O2/c1-15-9-10-24-21(11-15)27-22(28)19-12-23(19,18-7-5-4-6-8-18)14-29-20-13-25-17(3)26-16(20)2/h4-7,9-11,13,18-19H,8,12,14H2,1-3H3,(H,24,27,28)/t18?,19-,23+/m0/s1. The van der Waals surface area contributed by atoms with E-state index in [0.29, 0.717) is 18.2 Å². The molecule has 1 N–H and O–H groups in total. The summed E-state index contributed by atoms with van der Waals surface area (Å²) in [5.41, 5.74) is 1.65. The van der Waals surface area contributed by atoms with Gasteiger partial charge in [-0.3, -0.25) is 4.79 Å². The molecular formula is C23H26N4O2. The van der Waals surface area contributed by atoms with Crippen LogP contribution in [0.25, 0.3) is 0 Å². The van der Waals surface area contributed by atoms with Gasteiger partial charge in [-0.1, -0.05) is 24.3 Å². The molecule has 2 aromatic heterocycles. The highest BCUT2D eigenvalue weighted by molar-refractivity contribution is 5.94. The van der Waals surface area contributed by atoms with Gasteiger partial charge >= 0.3 is 0 Å². The zero-order valence-corrected chi connectivity index (χ0v) is 17.1. The summed E-state index contributed by atoms with van der Waals surface area (Å²) in [6, 6.07) is 3.80. The van der Waals surface area contributed by atoms with E-state index in [-0.39, 0.29) is 23.2 Å². The number of nitrogens with one attached hydrogen (secondary N) is 1. The lowest BCUT2D eigenvalue weighted by Crippen LogP contribution is -2.29. The largest absolute Gasteiger partial charge is 0.489 e. The average molecular weight is 390 g/mol. The number of carbonyl (C=O) groups excluding carboxylic acids is 1. The van der Waals surface area contributed by atoms with Crippen molar-refractivity contribution in [2.75, 3.05) is 11.9 Å². The van der Waals surface area contributed by atoms with Crippen molar-refractivity contribution in [1.82, 2.24) is 15.0 Å². The fourth-order valence-electron chi connectivity index (χ4n) is 4.10. The van der Waals surface area contributed by atoms with E-state index in [1.54, 1.807) is 12.4 Å². The topological polar surface area (TPSA) is 77.0 Å². The van der Waals surface area contributed by atoms with Crippen molar-refractivity contribution in [3.63, 3.8) is 0 Å². The fraction of sp³-hybridized carbons (Fsp3) is 0.391. The van der Waals surface area contributed by atoms with Gasteiger partial charge < -0.3 is 10.1 Å². The lowest BCUT2D eigenvalue weighted by Gasteiger charge is -2.26. The highest BCUT2D eigenvalue weighted by Gasteiger charge is 2.62. The smallest absolute Gasteiger partial charge is 0.229 e. The molecule has 0 aliphatic heterocycles. The Labute approximate surface area is 171 Å². The van der Waals surface area contributed by atoms with Gasteiger partial charge in [-0.15, -0.1) is 0 Å². The van der Waals surface area contributed by atoms with Crippen LogP contribution < -0.4 is 10.1 Å². The molecule has 6 heteroatoms. The summed E-state index contributed by atoms with van der Waals surface area (Å²) in [5.74, 6) is 2.15. The molecule has 2 aliphatic rings. The number of allylic oxidation sites excluding steroid dienone is 4. The first-order valence-electron chi connectivity index (χ1n) is 9.98. The van der Waals surface area contributed by atoms with Crippen LogP contribution in [-0.4, -0.2) is 27.5 Å². The predicted molar refractivity (Wildman–Crippen MR) is 112 cm³/mol. The molecule has 1 fully saturated rings. The molecule has 4 rings (SSSR count). The number of anilines is 1. The number of ether oxygens (including phenoxy) is 1. The van der Waals surface area contributed by atoms with Crippen LogP contribution in [0.5, 0.6) is 5.75 Å². The van der Waals surface area contributed by atoms with Crippen molar-refractivity contribution in [2.24, 2.45) is 17.3 Å². The first-order valence-corrected chi connectivity index (χ1v) is 9.98. The molecule has 29 heavy (non-hydrogen) atoms. The van der Waals surface area contributed by atoms with Crippen LogP contribution in [0.3, 0.4) is 0 Å². The number of hydrogen-bond acceptors (Lipinski definition) is 5. The van der Waals surface area contributed by atoms with Gasteiger partial charge in [-0.2, -0.15) is 0 Å². The molecule has 1 unspecified atom stereocenters. The van der Waals surface area contributed by atoms with E-state index >= 15 is 0 Å². The normalized spacial score (nSPS) is 24.9. The number of carbonyl (C=O) groups is 1. The van der Waals surface area contributed by atoms with Crippen LogP contribution in [-0.2, 0) is 4.79 Å². The second kappa shape index (κ2) is 7.78. The van der Waals surface area contributed by atoms with Crippen LogP contribution in [0.4, 0.5) is 5.82 Å². The van der Waals surface area contributed by atoms with Crippen molar-refractivity contribution < 1.29 is 9.53 Å². The minimum atomic E-state index is -0.230. The first-order chi connectivity index (χ1) is 14.0. The number of rotatable bonds is 6. The zero-order chi connectivity index (χ0) is 20.4. The molecule has 1 saturated carbocycles. The van der Waals surface area contributed by atoms with Crippen LogP contribution in [0.2, 0.25) is 0 Å². The van der Waals surface area contributed by atoms with Crippen LogP contribution in [0.1, 0.15) is 29.9 Å². The summed E-state index contributed by atoms with van der Waals surface area (Å²) in [6.07, 6.45) is 13.6. The Morgan fingerprint density at radius 3 is 2.86 bits per heavy atom. The van der Waals surface area contributed by atoms with Gasteiger partial charge in [0, 0.05) is 17.5 Å². The second-order valence-corrected chi connectivity index (χ2v) is 8.01. The van der Waals surface area contributed by atoms with Crippen molar-refractivity contribution in [3.8, 4) is 5.75 Å². The van der Waals surface area contributed by atoms with E-state index in [9.17, 15) is 4.79 Å². The minimum Gasteiger partial charge on any atom is -0.489 e. The molecule has 2 aliphatic carbocycles. The monoisotopic (exact) mass is 390 g/mol. The van der Waals surface area contributed by atoms with Crippen molar-refractivity contribution in [3.05, 3.63) is 65.9 Å². The van der Waals surface area contributed by atoms with Gasteiger partial charge in [0.15, 0.2) is 5.75 Å². The Balaban J connectivity index is 1.51. The second-order valence-electron chi connectivity index (χ2n) is 8.01. The minimum absolute atomic E-state index is 0.00605. The summed E-state index contributed by atoms with van der Waals surface area (Å²) in [5, 5.41) is 2.98. The zero-order valence-electron chi connectivity index (χ0n) is 17.1. The SMILES string of the molecule is Cc1ccnc(NC(=O)[C@@H]2C[C@@]2(COc2cnc(C)nc2C)C2C=CC=CC2)c1. The molecule has 2 heterocycles. The molecule has 2 aromatic rings. The number of amides is 1. The van der Waals surface area contributed by atoms with E-state index in [1.807, 2.05) is 32.9 Å². The predicted octanol–water partition coefficient (Wildman–Crippen LogP) is 3.95. The summed E-state index contributed by atoms with van der Waals surface area (Å²) in [6.45, 7) is 6.22. The van der Waals surface area contributed by atoms with Gasteiger partial charge in [0.25, 0.3) is 0 Å². The lowest BCUT2D eigenvalue weighted by molar-refractivity contribution is -0.118. The molecule has 150 valence electrons. The number of aryl methyl sites for hydroxylation is 3. The van der Waals surface area contributed by atoms with E-state index < -0.39 is 0 Å². The highest BCUT2D eigenvalue weighted by atomic mass is 16.5. The maximum Gasteiger partial charge on any atom is 0.229 e. The van der Waals surface area contributed by atoms with E-state index in [2.05, 4.69) is 44.6 Å². The number of hydrogen-bond donors (Lipinski definition) is 1. The van der Waals surface area contributed by atoms with Crippen molar-refractivity contribution >= 4 is 11.7 Å². The third-order valence-electron chi connectivity index (χ3n) is 5.87. The molecule has 0 aromatic carbocycles. The summed E-state index contributed by atoms with van der Waals surface area (Å²) in [4.78, 5) is 25.9. The van der Waals surface area contributed by atoms with Gasteiger partial charge in [-0.25, -0.2) is 15.0 Å². The molecule has 0 spiro atoms.